The Balaban J connectivity index is 0. The maximum atomic E-state index is 3.41. The summed E-state index contributed by atoms with van der Waals surface area (Å²) in [6.45, 7) is 15.3. The van der Waals surface area contributed by atoms with Crippen LogP contribution < -0.4 is 5.32 Å². The number of likely N-dealkylation sites (tertiary alicyclic amines) is 1. The Morgan fingerprint density at radius 2 is 1.50 bits per heavy atom. The zero-order chi connectivity index (χ0) is 12.8. The fourth-order valence-corrected chi connectivity index (χ4v) is 1.61. The second-order valence-electron chi connectivity index (χ2n) is 4.26. The Hall–Kier alpha value is -0.0800. The first-order valence-electron chi connectivity index (χ1n) is 7.13. The van der Waals surface area contributed by atoms with Crippen LogP contribution in [-0.4, -0.2) is 38.1 Å². The molecule has 1 saturated heterocycles. The first-order chi connectivity index (χ1) is 7.74. The van der Waals surface area contributed by atoms with E-state index in [1.807, 2.05) is 13.8 Å². The van der Waals surface area contributed by atoms with Gasteiger partial charge in [-0.2, -0.15) is 0 Å². The predicted octanol–water partition coefficient (Wildman–Crippen LogP) is 3.38. The third-order valence-electron chi connectivity index (χ3n) is 2.52. The largest absolute Gasteiger partial charge is 0.317 e. The minimum atomic E-state index is 0.936. The molecule has 0 atom stereocenters. The molecule has 100 valence electrons. The summed E-state index contributed by atoms with van der Waals surface area (Å²) in [4.78, 5) is 2.42. The van der Waals surface area contributed by atoms with Crippen LogP contribution in [0, 0.1) is 5.92 Å². The summed E-state index contributed by atoms with van der Waals surface area (Å²) in [7, 11) is 2.21. The fourth-order valence-electron chi connectivity index (χ4n) is 1.61. The van der Waals surface area contributed by atoms with Crippen LogP contribution in [0.25, 0.3) is 0 Å². The topological polar surface area (TPSA) is 15.3 Å². The number of hydrogen-bond acceptors (Lipinski definition) is 2. The van der Waals surface area contributed by atoms with Crippen LogP contribution in [-0.2, 0) is 0 Å². The van der Waals surface area contributed by atoms with E-state index < -0.39 is 0 Å². The summed E-state index contributed by atoms with van der Waals surface area (Å²) in [5.41, 5.74) is 0. The van der Waals surface area contributed by atoms with E-state index in [1.54, 1.807) is 0 Å². The highest BCUT2D eigenvalue weighted by atomic mass is 15.1. The van der Waals surface area contributed by atoms with Crippen molar-refractivity contribution in [3.8, 4) is 0 Å². The highest BCUT2D eigenvalue weighted by molar-refractivity contribution is 4.71. The van der Waals surface area contributed by atoms with Crippen molar-refractivity contribution < 1.29 is 0 Å². The Bertz CT molecular complexity index is 105. The van der Waals surface area contributed by atoms with Gasteiger partial charge in [0.05, 0.1) is 0 Å². The van der Waals surface area contributed by atoms with E-state index in [2.05, 4.69) is 38.0 Å². The summed E-state index contributed by atoms with van der Waals surface area (Å²) < 4.78 is 0. The highest BCUT2D eigenvalue weighted by Crippen LogP contribution is 2.14. The van der Waals surface area contributed by atoms with Crippen LogP contribution in [0.4, 0.5) is 0 Å². The van der Waals surface area contributed by atoms with Crippen molar-refractivity contribution in [3.05, 3.63) is 0 Å². The molecule has 1 aliphatic heterocycles. The molecule has 1 aliphatic rings. The van der Waals surface area contributed by atoms with Gasteiger partial charge in [0.15, 0.2) is 0 Å². The SMILES string of the molecule is CC.CCC.CCNCC1CCN(C)CC1. The summed E-state index contributed by atoms with van der Waals surface area (Å²) in [6.07, 6.45) is 4.01. The summed E-state index contributed by atoms with van der Waals surface area (Å²) in [5, 5.41) is 3.41. The molecule has 0 aliphatic carbocycles. The van der Waals surface area contributed by atoms with Crippen molar-refractivity contribution in [1.82, 2.24) is 10.2 Å². The third kappa shape index (κ3) is 12.0. The van der Waals surface area contributed by atoms with Gasteiger partial charge < -0.3 is 10.2 Å². The molecular weight excluding hydrogens is 196 g/mol. The maximum Gasteiger partial charge on any atom is -0.00187 e. The van der Waals surface area contributed by atoms with Crippen molar-refractivity contribution >= 4 is 0 Å². The molecule has 0 bridgehead atoms. The lowest BCUT2D eigenvalue weighted by molar-refractivity contribution is 0.217. The van der Waals surface area contributed by atoms with Crippen LogP contribution in [0.2, 0.25) is 0 Å². The fraction of sp³-hybridized carbons (Fsp3) is 1.00. The normalized spacial score (nSPS) is 16.9. The van der Waals surface area contributed by atoms with Crippen molar-refractivity contribution in [1.29, 1.82) is 0 Å². The van der Waals surface area contributed by atoms with Crippen molar-refractivity contribution in [2.75, 3.05) is 33.2 Å². The lowest BCUT2D eigenvalue weighted by Crippen LogP contribution is -2.34. The van der Waals surface area contributed by atoms with Gasteiger partial charge in [-0.25, -0.2) is 0 Å². The van der Waals surface area contributed by atoms with Gasteiger partial charge in [0.2, 0.25) is 0 Å². The lowest BCUT2D eigenvalue weighted by atomic mass is 9.97. The minimum Gasteiger partial charge on any atom is -0.317 e. The first-order valence-corrected chi connectivity index (χ1v) is 7.13. The third-order valence-corrected chi connectivity index (χ3v) is 2.52. The molecule has 1 rings (SSSR count). The zero-order valence-corrected chi connectivity index (χ0v) is 12.5. The van der Waals surface area contributed by atoms with Gasteiger partial charge in [0.1, 0.15) is 0 Å². The average Bonchev–Trinajstić information content (AvgIpc) is 2.32. The molecule has 0 aromatic rings. The van der Waals surface area contributed by atoms with Crippen LogP contribution >= 0.6 is 0 Å². The smallest absolute Gasteiger partial charge is 0.00187 e. The number of piperidine rings is 1. The van der Waals surface area contributed by atoms with Crippen LogP contribution in [0.5, 0.6) is 0 Å². The Morgan fingerprint density at radius 1 is 1.06 bits per heavy atom. The van der Waals surface area contributed by atoms with E-state index in [4.69, 9.17) is 0 Å². The molecule has 0 unspecified atom stereocenters. The molecule has 2 heteroatoms. The number of rotatable bonds is 3. The molecule has 0 radical (unpaired) electrons. The van der Waals surface area contributed by atoms with E-state index in [-0.39, 0.29) is 0 Å². The van der Waals surface area contributed by atoms with E-state index in [9.17, 15) is 0 Å². The number of hydrogen-bond donors (Lipinski definition) is 1. The quantitative estimate of drug-likeness (QED) is 0.799. The van der Waals surface area contributed by atoms with Gasteiger partial charge in [-0.15, -0.1) is 0 Å². The Labute approximate surface area is 104 Å². The number of nitrogens with one attached hydrogen (secondary N) is 1. The lowest BCUT2D eigenvalue weighted by Gasteiger charge is -2.28. The van der Waals surface area contributed by atoms with Gasteiger partial charge in [0, 0.05) is 0 Å². The molecule has 0 saturated carbocycles. The van der Waals surface area contributed by atoms with Gasteiger partial charge in [0.25, 0.3) is 0 Å². The second-order valence-corrected chi connectivity index (χ2v) is 4.26. The van der Waals surface area contributed by atoms with E-state index >= 15 is 0 Å². The van der Waals surface area contributed by atoms with Crippen molar-refractivity contribution in [3.63, 3.8) is 0 Å². The van der Waals surface area contributed by atoms with Crippen LogP contribution in [0.15, 0.2) is 0 Å². The molecule has 1 fully saturated rings. The Kier molecular flexibility index (Phi) is 17.1. The molecule has 0 aromatic carbocycles. The maximum absolute atomic E-state index is 3.41. The zero-order valence-electron chi connectivity index (χ0n) is 12.5. The number of nitrogens with zero attached hydrogens (tertiary/aromatic N) is 1. The van der Waals surface area contributed by atoms with E-state index in [0.29, 0.717) is 0 Å². The molecule has 2 nitrogen and oxygen atoms in total. The highest BCUT2D eigenvalue weighted by Gasteiger charge is 2.15. The summed E-state index contributed by atoms with van der Waals surface area (Å²) in [5.74, 6) is 0.936. The van der Waals surface area contributed by atoms with Gasteiger partial charge in [-0.1, -0.05) is 41.0 Å². The molecule has 0 amide bonds. The van der Waals surface area contributed by atoms with E-state index in [0.717, 1.165) is 12.5 Å². The van der Waals surface area contributed by atoms with Crippen molar-refractivity contribution in [2.24, 2.45) is 5.92 Å². The van der Waals surface area contributed by atoms with Crippen molar-refractivity contribution in [2.45, 2.75) is 53.9 Å². The molecule has 0 spiro atoms. The standard InChI is InChI=1S/C9H20N2.C3H8.C2H6/c1-3-10-8-9-4-6-11(2)7-5-9;1-3-2;1-2/h9-10H,3-8H2,1-2H3;3H2,1-2H3;1-2H3. The van der Waals surface area contributed by atoms with Crippen LogP contribution in [0.1, 0.15) is 53.9 Å². The van der Waals surface area contributed by atoms with Crippen LogP contribution in [0.3, 0.4) is 0 Å². The monoisotopic (exact) mass is 230 g/mol. The Morgan fingerprint density at radius 3 is 1.88 bits per heavy atom. The molecule has 16 heavy (non-hydrogen) atoms. The first kappa shape index (κ1) is 18.3. The molecule has 0 aromatic heterocycles. The van der Waals surface area contributed by atoms with Gasteiger partial charge in [-0.3, -0.25) is 0 Å². The van der Waals surface area contributed by atoms with Gasteiger partial charge >= 0.3 is 0 Å². The minimum absolute atomic E-state index is 0.936. The van der Waals surface area contributed by atoms with Gasteiger partial charge in [-0.05, 0) is 52.0 Å². The van der Waals surface area contributed by atoms with E-state index in [1.165, 1.54) is 38.9 Å². The summed E-state index contributed by atoms with van der Waals surface area (Å²) >= 11 is 0. The summed E-state index contributed by atoms with van der Waals surface area (Å²) in [6, 6.07) is 0. The molecule has 1 N–H and O–H groups in total. The second kappa shape index (κ2) is 14.9. The molecule has 1 heterocycles. The molecular formula is C14H34N2. The average molecular weight is 230 g/mol. The predicted molar refractivity (Wildman–Crippen MR) is 76.1 cm³/mol.